The van der Waals surface area contributed by atoms with Crippen molar-refractivity contribution in [1.29, 1.82) is 0 Å². The Labute approximate surface area is 98.8 Å². The highest BCUT2D eigenvalue weighted by atomic mass is 35.5. The summed E-state index contributed by atoms with van der Waals surface area (Å²) in [6, 6.07) is 7.72. The molecule has 1 aromatic heterocycles. The van der Waals surface area contributed by atoms with Crippen molar-refractivity contribution in [2.24, 2.45) is 0 Å². The van der Waals surface area contributed by atoms with Crippen molar-refractivity contribution in [2.45, 2.75) is 12.8 Å². The Kier molecular flexibility index (Phi) is 3.41. The maximum Gasteiger partial charge on any atom is 0.152 e. The summed E-state index contributed by atoms with van der Waals surface area (Å²) >= 11 is 5.76. The van der Waals surface area contributed by atoms with Gasteiger partial charge in [-0.15, -0.1) is 21.8 Å². The quantitative estimate of drug-likeness (QED) is 0.767. The van der Waals surface area contributed by atoms with E-state index in [1.165, 1.54) is 0 Å². The minimum Gasteiger partial charge on any atom is -0.494 e. The summed E-state index contributed by atoms with van der Waals surface area (Å²) in [4.78, 5) is 0. The Morgan fingerprint density at radius 1 is 1.31 bits per heavy atom. The van der Waals surface area contributed by atoms with Crippen molar-refractivity contribution in [3.8, 4) is 11.4 Å². The molecule has 2 aromatic rings. The van der Waals surface area contributed by atoms with Crippen molar-refractivity contribution >= 4 is 11.6 Å². The van der Waals surface area contributed by atoms with Crippen LogP contribution in [0.15, 0.2) is 30.6 Å². The van der Waals surface area contributed by atoms with Gasteiger partial charge in [0, 0.05) is 5.69 Å². The molecular weight excluding hydrogens is 226 g/mol. The molecule has 0 aliphatic heterocycles. The number of nitrogens with zero attached hydrogens (tertiary/aromatic N) is 3. The molecule has 0 unspecified atom stereocenters. The monoisotopic (exact) mass is 237 g/mol. The molecule has 1 aromatic carbocycles. The first kappa shape index (κ1) is 11.0. The van der Waals surface area contributed by atoms with Crippen LogP contribution in [0.5, 0.6) is 5.75 Å². The van der Waals surface area contributed by atoms with Gasteiger partial charge in [0.2, 0.25) is 0 Å². The Balaban J connectivity index is 2.27. The van der Waals surface area contributed by atoms with E-state index in [1.54, 1.807) is 6.33 Å². The van der Waals surface area contributed by atoms with E-state index in [1.807, 2.05) is 35.8 Å². The number of hydrogen-bond donors (Lipinski definition) is 0. The van der Waals surface area contributed by atoms with E-state index in [4.69, 9.17) is 16.3 Å². The van der Waals surface area contributed by atoms with Crippen LogP contribution < -0.4 is 4.74 Å². The van der Waals surface area contributed by atoms with E-state index in [9.17, 15) is 0 Å². The lowest BCUT2D eigenvalue weighted by Gasteiger charge is -2.06. The zero-order valence-corrected chi connectivity index (χ0v) is 9.68. The number of aromatic nitrogens is 3. The second-order valence-corrected chi connectivity index (χ2v) is 3.44. The standard InChI is InChI=1S/C11H12ClN3O/c1-2-16-10-5-3-9(4-6-10)15-8-13-14-11(15)7-12/h3-6,8H,2,7H2,1H3. The zero-order chi connectivity index (χ0) is 11.4. The first-order valence-electron chi connectivity index (χ1n) is 5.03. The smallest absolute Gasteiger partial charge is 0.152 e. The van der Waals surface area contributed by atoms with Crippen molar-refractivity contribution in [3.05, 3.63) is 36.4 Å². The summed E-state index contributed by atoms with van der Waals surface area (Å²) in [6.07, 6.45) is 1.65. The second kappa shape index (κ2) is 4.99. The number of ether oxygens (including phenoxy) is 1. The Morgan fingerprint density at radius 2 is 2.06 bits per heavy atom. The largest absolute Gasteiger partial charge is 0.494 e. The van der Waals surface area contributed by atoms with Gasteiger partial charge in [-0.2, -0.15) is 0 Å². The average Bonchev–Trinajstić information content (AvgIpc) is 2.78. The molecule has 0 saturated carbocycles. The molecule has 0 aliphatic carbocycles. The maximum atomic E-state index is 5.76. The van der Waals surface area contributed by atoms with Gasteiger partial charge in [-0.1, -0.05) is 0 Å². The van der Waals surface area contributed by atoms with Crippen LogP contribution in [0.4, 0.5) is 0 Å². The van der Waals surface area contributed by atoms with Crippen molar-refractivity contribution in [2.75, 3.05) is 6.61 Å². The SMILES string of the molecule is CCOc1ccc(-n2cnnc2CCl)cc1. The fourth-order valence-corrected chi connectivity index (χ4v) is 1.62. The van der Waals surface area contributed by atoms with E-state index >= 15 is 0 Å². The minimum atomic E-state index is 0.340. The normalized spacial score (nSPS) is 10.4. The molecule has 0 aliphatic rings. The molecule has 84 valence electrons. The average molecular weight is 238 g/mol. The third kappa shape index (κ3) is 2.17. The number of alkyl halides is 1. The first-order chi connectivity index (χ1) is 7.85. The van der Waals surface area contributed by atoms with Crippen molar-refractivity contribution in [1.82, 2.24) is 14.8 Å². The van der Waals surface area contributed by atoms with Gasteiger partial charge in [0.05, 0.1) is 12.5 Å². The molecule has 0 atom stereocenters. The number of halogens is 1. The molecular formula is C11H12ClN3O. The summed E-state index contributed by atoms with van der Waals surface area (Å²) in [5, 5.41) is 7.74. The predicted molar refractivity (Wildman–Crippen MR) is 62.1 cm³/mol. The minimum absolute atomic E-state index is 0.340. The van der Waals surface area contributed by atoms with Gasteiger partial charge in [0.15, 0.2) is 5.82 Å². The number of benzene rings is 1. The predicted octanol–water partition coefficient (Wildman–Crippen LogP) is 2.40. The van der Waals surface area contributed by atoms with E-state index in [0.717, 1.165) is 17.3 Å². The molecule has 2 rings (SSSR count). The molecule has 0 amide bonds. The molecule has 5 heteroatoms. The van der Waals surface area contributed by atoms with Gasteiger partial charge in [-0.3, -0.25) is 4.57 Å². The van der Waals surface area contributed by atoms with Gasteiger partial charge in [-0.05, 0) is 31.2 Å². The topological polar surface area (TPSA) is 39.9 Å². The Hall–Kier alpha value is -1.55. The van der Waals surface area contributed by atoms with Crippen LogP contribution in [-0.2, 0) is 5.88 Å². The first-order valence-corrected chi connectivity index (χ1v) is 5.56. The van der Waals surface area contributed by atoms with Crippen LogP contribution in [0, 0.1) is 0 Å². The number of hydrogen-bond acceptors (Lipinski definition) is 3. The van der Waals surface area contributed by atoms with Crippen LogP contribution in [-0.4, -0.2) is 21.4 Å². The third-order valence-corrected chi connectivity index (χ3v) is 2.40. The summed E-state index contributed by atoms with van der Waals surface area (Å²) < 4.78 is 7.22. The fourth-order valence-electron chi connectivity index (χ4n) is 1.44. The molecule has 16 heavy (non-hydrogen) atoms. The lowest BCUT2D eigenvalue weighted by atomic mass is 10.3. The van der Waals surface area contributed by atoms with Gasteiger partial charge in [-0.25, -0.2) is 0 Å². The maximum absolute atomic E-state index is 5.76. The lowest BCUT2D eigenvalue weighted by Crippen LogP contribution is -1.98. The van der Waals surface area contributed by atoms with Crippen LogP contribution in [0.25, 0.3) is 5.69 Å². The second-order valence-electron chi connectivity index (χ2n) is 3.18. The van der Waals surface area contributed by atoms with Crippen LogP contribution in [0.1, 0.15) is 12.7 Å². The highest BCUT2D eigenvalue weighted by molar-refractivity contribution is 6.16. The van der Waals surface area contributed by atoms with E-state index < -0.39 is 0 Å². The Bertz CT molecular complexity index is 453. The van der Waals surface area contributed by atoms with Crippen LogP contribution in [0.3, 0.4) is 0 Å². The summed E-state index contributed by atoms with van der Waals surface area (Å²) in [5.41, 5.74) is 0.976. The molecule has 4 nitrogen and oxygen atoms in total. The highest BCUT2D eigenvalue weighted by Gasteiger charge is 2.04. The van der Waals surface area contributed by atoms with Crippen molar-refractivity contribution in [3.63, 3.8) is 0 Å². The molecule has 0 N–H and O–H groups in total. The van der Waals surface area contributed by atoms with Gasteiger partial charge in [0.25, 0.3) is 0 Å². The fraction of sp³-hybridized carbons (Fsp3) is 0.273. The van der Waals surface area contributed by atoms with Gasteiger partial charge < -0.3 is 4.74 Å². The summed E-state index contributed by atoms with van der Waals surface area (Å²) in [5.74, 6) is 1.92. The zero-order valence-electron chi connectivity index (χ0n) is 8.93. The van der Waals surface area contributed by atoms with Crippen molar-refractivity contribution < 1.29 is 4.74 Å². The van der Waals surface area contributed by atoms with E-state index in [2.05, 4.69) is 10.2 Å². The molecule has 0 spiro atoms. The Morgan fingerprint density at radius 3 is 2.69 bits per heavy atom. The van der Waals surface area contributed by atoms with E-state index in [0.29, 0.717) is 12.5 Å². The van der Waals surface area contributed by atoms with Gasteiger partial charge >= 0.3 is 0 Å². The third-order valence-electron chi connectivity index (χ3n) is 2.16. The number of rotatable bonds is 4. The lowest BCUT2D eigenvalue weighted by molar-refractivity contribution is 0.340. The molecule has 1 heterocycles. The summed E-state index contributed by atoms with van der Waals surface area (Å²) in [7, 11) is 0. The molecule has 0 saturated heterocycles. The van der Waals surface area contributed by atoms with Crippen LogP contribution in [0.2, 0.25) is 0 Å². The highest BCUT2D eigenvalue weighted by Crippen LogP contribution is 2.16. The molecule has 0 bridgehead atoms. The van der Waals surface area contributed by atoms with E-state index in [-0.39, 0.29) is 0 Å². The van der Waals surface area contributed by atoms with Crippen LogP contribution >= 0.6 is 11.6 Å². The van der Waals surface area contributed by atoms with Gasteiger partial charge in [0.1, 0.15) is 12.1 Å². The summed E-state index contributed by atoms with van der Waals surface area (Å²) in [6.45, 7) is 2.62. The molecule has 0 radical (unpaired) electrons. The molecule has 0 fully saturated rings.